The number of aliphatic carboxylic acids is 1. The lowest BCUT2D eigenvalue weighted by atomic mass is 10.0. The van der Waals surface area contributed by atoms with Crippen LogP contribution in [-0.4, -0.2) is 44.4 Å². The van der Waals surface area contributed by atoms with Crippen LogP contribution in [0, 0.1) is 12.8 Å². The van der Waals surface area contributed by atoms with Gasteiger partial charge in [-0.25, -0.2) is 14.8 Å². The van der Waals surface area contributed by atoms with Crippen molar-refractivity contribution >= 4 is 23.5 Å². The fourth-order valence-electron chi connectivity index (χ4n) is 2.29. The second kappa shape index (κ2) is 5.13. The lowest BCUT2D eigenvalue weighted by Gasteiger charge is -2.23. The molecule has 1 aliphatic rings. The fourth-order valence-corrected chi connectivity index (χ4v) is 2.46. The van der Waals surface area contributed by atoms with Crippen LogP contribution in [0.15, 0.2) is 6.20 Å². The highest BCUT2D eigenvalue weighted by Crippen LogP contribution is 2.27. The molecule has 19 heavy (non-hydrogen) atoms. The zero-order valence-corrected chi connectivity index (χ0v) is 11.4. The van der Waals surface area contributed by atoms with Crippen LogP contribution in [0.4, 0.5) is 0 Å². The van der Waals surface area contributed by atoms with Gasteiger partial charge in [0.05, 0.1) is 11.2 Å². The van der Waals surface area contributed by atoms with Gasteiger partial charge >= 0.3 is 5.97 Å². The van der Waals surface area contributed by atoms with Gasteiger partial charge in [-0.2, -0.15) is 0 Å². The summed E-state index contributed by atoms with van der Waals surface area (Å²) in [6.45, 7) is 3.86. The minimum Gasteiger partial charge on any atom is -0.480 e. The van der Waals surface area contributed by atoms with Crippen molar-refractivity contribution in [2.24, 2.45) is 5.92 Å². The van der Waals surface area contributed by atoms with Crippen LogP contribution in [0.5, 0.6) is 0 Å². The molecular weight excluding hydrogens is 270 g/mol. The number of carboxylic acids is 1. The number of aromatic nitrogens is 2. The van der Waals surface area contributed by atoms with Crippen molar-refractivity contribution in [3.05, 3.63) is 22.7 Å². The van der Waals surface area contributed by atoms with E-state index in [1.807, 2.05) is 6.92 Å². The van der Waals surface area contributed by atoms with E-state index in [4.69, 9.17) is 11.6 Å². The Labute approximate surface area is 115 Å². The zero-order valence-electron chi connectivity index (χ0n) is 10.6. The van der Waals surface area contributed by atoms with Gasteiger partial charge in [-0.1, -0.05) is 18.5 Å². The maximum atomic E-state index is 12.4. The molecule has 0 saturated carbocycles. The third kappa shape index (κ3) is 2.53. The maximum absolute atomic E-state index is 12.4. The summed E-state index contributed by atoms with van der Waals surface area (Å²) in [6.07, 6.45) is 2.01. The third-order valence-corrected chi connectivity index (χ3v) is 3.56. The van der Waals surface area contributed by atoms with Gasteiger partial charge in [0.2, 0.25) is 0 Å². The molecule has 1 aliphatic heterocycles. The summed E-state index contributed by atoms with van der Waals surface area (Å²) in [7, 11) is 0. The summed E-state index contributed by atoms with van der Waals surface area (Å²) in [5, 5.41) is 9.35. The molecule has 2 heterocycles. The topological polar surface area (TPSA) is 83.4 Å². The van der Waals surface area contributed by atoms with E-state index in [9.17, 15) is 14.7 Å². The molecule has 1 fully saturated rings. The van der Waals surface area contributed by atoms with Crippen LogP contribution in [-0.2, 0) is 4.79 Å². The van der Waals surface area contributed by atoms with Gasteiger partial charge in [0.25, 0.3) is 5.91 Å². The molecule has 0 aromatic carbocycles. The number of nitrogens with zero attached hydrogens (tertiary/aromatic N) is 3. The predicted octanol–water partition coefficient (Wildman–Crippen LogP) is 1.37. The van der Waals surface area contributed by atoms with Crippen LogP contribution in [0.1, 0.15) is 29.7 Å². The fraction of sp³-hybridized carbons (Fsp3) is 0.500. The normalized spacial score (nSPS) is 22.6. The number of rotatable bonds is 2. The van der Waals surface area contributed by atoms with Gasteiger partial charge in [-0.05, 0) is 19.3 Å². The smallest absolute Gasteiger partial charge is 0.326 e. The van der Waals surface area contributed by atoms with Crippen molar-refractivity contribution in [3.8, 4) is 0 Å². The van der Waals surface area contributed by atoms with Crippen LogP contribution in [0.25, 0.3) is 0 Å². The first-order chi connectivity index (χ1) is 8.91. The Morgan fingerprint density at radius 2 is 2.21 bits per heavy atom. The lowest BCUT2D eigenvalue weighted by Crippen LogP contribution is -2.43. The Kier molecular flexibility index (Phi) is 3.71. The number of aryl methyl sites for hydroxylation is 1. The van der Waals surface area contributed by atoms with Gasteiger partial charge in [-0.15, -0.1) is 0 Å². The average molecular weight is 284 g/mol. The third-order valence-electron chi connectivity index (χ3n) is 3.28. The molecule has 102 valence electrons. The maximum Gasteiger partial charge on any atom is 0.326 e. The van der Waals surface area contributed by atoms with Crippen LogP contribution in [0.2, 0.25) is 5.02 Å². The van der Waals surface area contributed by atoms with Gasteiger partial charge in [0.15, 0.2) is 5.69 Å². The minimum atomic E-state index is -1.000. The van der Waals surface area contributed by atoms with Crippen molar-refractivity contribution in [3.63, 3.8) is 0 Å². The van der Waals surface area contributed by atoms with E-state index in [-0.39, 0.29) is 16.6 Å². The zero-order chi connectivity index (χ0) is 14.2. The van der Waals surface area contributed by atoms with Crippen LogP contribution >= 0.6 is 11.6 Å². The van der Waals surface area contributed by atoms with Crippen LogP contribution in [0.3, 0.4) is 0 Å². The van der Waals surface area contributed by atoms with E-state index in [1.165, 1.54) is 11.1 Å². The highest BCUT2D eigenvalue weighted by Gasteiger charge is 2.40. The Morgan fingerprint density at radius 1 is 1.53 bits per heavy atom. The standard InChI is InChI=1S/C12H14ClN3O3/c1-6-3-4-16(10(6)12(18)19)11(17)9-8(13)5-14-7(2)15-9/h5-6,10H,3-4H2,1-2H3,(H,18,19). The summed E-state index contributed by atoms with van der Waals surface area (Å²) in [5.41, 5.74) is 0.0644. The van der Waals surface area contributed by atoms with Crippen molar-refractivity contribution in [1.82, 2.24) is 14.9 Å². The lowest BCUT2D eigenvalue weighted by molar-refractivity contribution is -0.142. The van der Waals surface area contributed by atoms with E-state index >= 15 is 0 Å². The molecule has 2 unspecified atom stereocenters. The second-order valence-electron chi connectivity index (χ2n) is 4.66. The number of carboxylic acid groups (broad SMARTS) is 1. The van der Waals surface area contributed by atoms with E-state index < -0.39 is 17.9 Å². The molecule has 0 spiro atoms. The summed E-state index contributed by atoms with van der Waals surface area (Å²) in [4.78, 5) is 32.8. The number of carbonyl (C=O) groups excluding carboxylic acids is 1. The Hall–Kier alpha value is -1.69. The Morgan fingerprint density at radius 3 is 2.84 bits per heavy atom. The highest BCUT2D eigenvalue weighted by molar-refractivity contribution is 6.33. The first-order valence-electron chi connectivity index (χ1n) is 5.94. The molecule has 0 bridgehead atoms. The van der Waals surface area contributed by atoms with E-state index in [0.717, 1.165) is 0 Å². The Balaban J connectivity index is 2.33. The van der Waals surface area contributed by atoms with E-state index in [2.05, 4.69) is 9.97 Å². The second-order valence-corrected chi connectivity index (χ2v) is 5.07. The first kappa shape index (κ1) is 13.7. The number of hydrogen-bond acceptors (Lipinski definition) is 4. The number of amides is 1. The van der Waals surface area contributed by atoms with E-state index in [0.29, 0.717) is 18.8 Å². The molecule has 2 rings (SSSR count). The van der Waals surface area contributed by atoms with Crippen LogP contribution < -0.4 is 0 Å². The summed E-state index contributed by atoms with van der Waals surface area (Å²) in [6, 6.07) is -0.821. The number of hydrogen-bond donors (Lipinski definition) is 1. The highest BCUT2D eigenvalue weighted by atomic mass is 35.5. The summed E-state index contributed by atoms with van der Waals surface area (Å²) in [5.74, 6) is -1.11. The average Bonchev–Trinajstić information content (AvgIpc) is 2.73. The Bertz CT molecular complexity index is 535. The van der Waals surface area contributed by atoms with Crippen molar-refractivity contribution in [2.45, 2.75) is 26.3 Å². The van der Waals surface area contributed by atoms with Gasteiger partial charge in [-0.3, -0.25) is 4.79 Å². The molecule has 1 N–H and O–H groups in total. The predicted molar refractivity (Wildman–Crippen MR) is 68.0 cm³/mol. The number of carbonyl (C=O) groups is 2. The minimum absolute atomic E-state index is 0.0644. The largest absolute Gasteiger partial charge is 0.480 e. The van der Waals surface area contributed by atoms with E-state index in [1.54, 1.807) is 6.92 Å². The molecular formula is C12H14ClN3O3. The quantitative estimate of drug-likeness (QED) is 0.886. The van der Waals surface area contributed by atoms with Gasteiger partial charge < -0.3 is 10.0 Å². The van der Waals surface area contributed by atoms with Gasteiger partial charge in [0.1, 0.15) is 11.9 Å². The SMILES string of the molecule is Cc1ncc(Cl)c(C(=O)N2CCC(C)C2C(=O)O)n1. The summed E-state index contributed by atoms with van der Waals surface area (Å²) < 4.78 is 0. The monoisotopic (exact) mass is 283 g/mol. The van der Waals surface area contributed by atoms with Crippen molar-refractivity contribution in [2.75, 3.05) is 6.54 Å². The number of halogens is 1. The molecule has 1 aromatic rings. The van der Waals surface area contributed by atoms with Crippen molar-refractivity contribution < 1.29 is 14.7 Å². The summed E-state index contributed by atoms with van der Waals surface area (Å²) >= 11 is 5.91. The molecule has 0 aliphatic carbocycles. The molecule has 1 aromatic heterocycles. The van der Waals surface area contributed by atoms with Gasteiger partial charge in [0, 0.05) is 6.54 Å². The molecule has 0 radical (unpaired) electrons. The van der Waals surface area contributed by atoms with Crippen molar-refractivity contribution in [1.29, 1.82) is 0 Å². The molecule has 1 amide bonds. The number of likely N-dealkylation sites (tertiary alicyclic amines) is 1. The molecule has 2 atom stereocenters. The first-order valence-corrected chi connectivity index (χ1v) is 6.32. The molecule has 7 heteroatoms. The molecule has 6 nitrogen and oxygen atoms in total. The molecule has 1 saturated heterocycles.